The Hall–Kier alpha value is -2.34. The van der Waals surface area contributed by atoms with Crippen molar-refractivity contribution < 1.29 is 26.0 Å². The lowest BCUT2D eigenvalue weighted by atomic mass is 10.2. The SMILES string of the molecule is CC(C)NS(=O)(=O)c1cccc(C(=O)N2CCN(S(=O)(=O)c3ccc(F)cc3)CC2)c1. The van der Waals surface area contributed by atoms with E-state index in [1.165, 1.54) is 45.6 Å². The first kappa shape index (κ1) is 23.3. The van der Waals surface area contributed by atoms with Crippen LogP contribution in [0.2, 0.25) is 0 Å². The van der Waals surface area contributed by atoms with Crippen molar-refractivity contribution in [1.82, 2.24) is 13.9 Å². The van der Waals surface area contributed by atoms with E-state index in [1.54, 1.807) is 13.8 Å². The Bertz CT molecular complexity index is 1160. The van der Waals surface area contributed by atoms with Gasteiger partial charge in [0.05, 0.1) is 9.79 Å². The molecule has 0 unspecified atom stereocenters. The predicted octanol–water partition coefficient (Wildman–Crippen LogP) is 1.66. The van der Waals surface area contributed by atoms with Gasteiger partial charge in [-0.3, -0.25) is 4.79 Å². The van der Waals surface area contributed by atoms with E-state index in [1.807, 2.05) is 0 Å². The minimum atomic E-state index is -3.79. The first-order valence-corrected chi connectivity index (χ1v) is 12.6. The first-order chi connectivity index (χ1) is 14.5. The number of halogens is 1. The quantitative estimate of drug-likeness (QED) is 0.693. The van der Waals surface area contributed by atoms with Gasteiger partial charge in [0.2, 0.25) is 20.0 Å². The van der Waals surface area contributed by atoms with Crippen LogP contribution in [-0.4, -0.2) is 64.2 Å². The molecule has 1 saturated heterocycles. The minimum Gasteiger partial charge on any atom is -0.336 e. The van der Waals surface area contributed by atoms with Crippen LogP contribution in [0.1, 0.15) is 24.2 Å². The number of nitrogens with one attached hydrogen (secondary N) is 1. The molecule has 168 valence electrons. The lowest BCUT2D eigenvalue weighted by Gasteiger charge is -2.34. The second-order valence-corrected chi connectivity index (χ2v) is 11.1. The molecule has 1 heterocycles. The second-order valence-electron chi connectivity index (χ2n) is 7.45. The summed E-state index contributed by atoms with van der Waals surface area (Å²) in [5.74, 6) is -0.900. The Kier molecular flexibility index (Phi) is 6.79. The van der Waals surface area contributed by atoms with Gasteiger partial charge >= 0.3 is 0 Å². The number of amides is 1. The number of carbonyl (C=O) groups is 1. The minimum absolute atomic E-state index is 0.00965. The smallest absolute Gasteiger partial charge is 0.253 e. The number of benzene rings is 2. The summed E-state index contributed by atoms with van der Waals surface area (Å²) in [6.07, 6.45) is 0. The van der Waals surface area contributed by atoms with Crippen LogP contribution in [0.5, 0.6) is 0 Å². The maximum Gasteiger partial charge on any atom is 0.253 e. The fourth-order valence-electron chi connectivity index (χ4n) is 3.24. The van der Waals surface area contributed by atoms with E-state index < -0.39 is 25.9 Å². The third-order valence-electron chi connectivity index (χ3n) is 4.76. The highest BCUT2D eigenvalue weighted by Crippen LogP contribution is 2.20. The van der Waals surface area contributed by atoms with Crippen LogP contribution in [0.3, 0.4) is 0 Å². The molecule has 0 aromatic heterocycles. The zero-order valence-electron chi connectivity index (χ0n) is 17.2. The number of rotatable bonds is 6. The zero-order chi connectivity index (χ0) is 22.8. The van der Waals surface area contributed by atoms with E-state index in [0.717, 1.165) is 12.1 Å². The Morgan fingerprint density at radius 1 is 0.935 bits per heavy atom. The molecular weight excluding hydrogens is 445 g/mol. The van der Waals surface area contributed by atoms with Gasteiger partial charge in [-0.05, 0) is 56.3 Å². The van der Waals surface area contributed by atoms with Crippen LogP contribution < -0.4 is 4.72 Å². The summed E-state index contributed by atoms with van der Waals surface area (Å²) >= 11 is 0. The van der Waals surface area contributed by atoms with Gasteiger partial charge in [0.25, 0.3) is 5.91 Å². The van der Waals surface area contributed by atoms with Crippen molar-refractivity contribution in [3.05, 3.63) is 59.9 Å². The molecular formula is C20H24FN3O5S2. The highest BCUT2D eigenvalue weighted by Gasteiger charge is 2.30. The van der Waals surface area contributed by atoms with Gasteiger partial charge in [-0.15, -0.1) is 0 Å². The summed E-state index contributed by atoms with van der Waals surface area (Å²) in [5.41, 5.74) is 0.210. The van der Waals surface area contributed by atoms with Crippen LogP contribution in [0, 0.1) is 5.82 Å². The molecule has 2 aromatic rings. The van der Waals surface area contributed by atoms with Gasteiger partial charge in [0.15, 0.2) is 0 Å². The van der Waals surface area contributed by atoms with Crippen molar-refractivity contribution in [3.8, 4) is 0 Å². The molecule has 3 rings (SSSR count). The fourth-order valence-corrected chi connectivity index (χ4v) is 5.96. The van der Waals surface area contributed by atoms with Gasteiger partial charge in [0, 0.05) is 37.8 Å². The highest BCUT2D eigenvalue weighted by atomic mass is 32.2. The van der Waals surface area contributed by atoms with Crippen LogP contribution in [-0.2, 0) is 20.0 Å². The molecule has 0 spiro atoms. The van der Waals surface area contributed by atoms with Gasteiger partial charge in [0.1, 0.15) is 5.82 Å². The van der Waals surface area contributed by atoms with Crippen LogP contribution >= 0.6 is 0 Å². The van der Waals surface area contributed by atoms with Crippen molar-refractivity contribution in [3.63, 3.8) is 0 Å². The van der Waals surface area contributed by atoms with E-state index >= 15 is 0 Å². The van der Waals surface area contributed by atoms with Crippen LogP contribution in [0.4, 0.5) is 4.39 Å². The number of carbonyl (C=O) groups excluding carboxylic acids is 1. The second kappa shape index (κ2) is 9.03. The van der Waals surface area contributed by atoms with Gasteiger partial charge < -0.3 is 4.90 Å². The molecule has 8 nitrogen and oxygen atoms in total. The maximum absolute atomic E-state index is 13.1. The summed E-state index contributed by atoms with van der Waals surface area (Å²) in [5, 5.41) is 0. The Morgan fingerprint density at radius 3 is 2.13 bits per heavy atom. The van der Waals surface area contributed by atoms with Crippen molar-refractivity contribution in [2.24, 2.45) is 0 Å². The predicted molar refractivity (Wildman–Crippen MR) is 113 cm³/mol. The molecule has 1 N–H and O–H groups in total. The molecule has 0 radical (unpaired) electrons. The number of nitrogens with zero attached hydrogens (tertiary/aromatic N) is 2. The summed E-state index contributed by atoms with van der Waals surface area (Å²) < 4.78 is 67.0. The molecule has 11 heteroatoms. The summed E-state index contributed by atoms with van der Waals surface area (Å²) in [6.45, 7) is 3.87. The average Bonchev–Trinajstić information content (AvgIpc) is 2.73. The van der Waals surface area contributed by atoms with Gasteiger partial charge in [-0.1, -0.05) is 6.07 Å². The van der Waals surface area contributed by atoms with Crippen LogP contribution in [0.15, 0.2) is 58.3 Å². The van der Waals surface area contributed by atoms with Gasteiger partial charge in [-0.2, -0.15) is 4.31 Å². The Labute approximate surface area is 181 Å². The van der Waals surface area contributed by atoms with Crippen molar-refractivity contribution >= 4 is 26.0 Å². The fraction of sp³-hybridized carbons (Fsp3) is 0.350. The van der Waals surface area contributed by atoms with E-state index in [4.69, 9.17) is 0 Å². The van der Waals surface area contributed by atoms with E-state index in [-0.39, 0.29) is 53.5 Å². The molecule has 1 fully saturated rings. The van der Waals surface area contributed by atoms with E-state index in [9.17, 15) is 26.0 Å². The zero-order valence-corrected chi connectivity index (χ0v) is 18.8. The van der Waals surface area contributed by atoms with Gasteiger partial charge in [-0.25, -0.2) is 25.9 Å². The lowest BCUT2D eigenvalue weighted by Crippen LogP contribution is -2.50. The topological polar surface area (TPSA) is 104 Å². The Morgan fingerprint density at radius 2 is 1.55 bits per heavy atom. The number of piperazine rings is 1. The molecule has 0 saturated carbocycles. The number of sulfonamides is 2. The maximum atomic E-state index is 13.1. The van der Waals surface area contributed by atoms with E-state index in [2.05, 4.69) is 4.72 Å². The molecule has 1 aliphatic heterocycles. The lowest BCUT2D eigenvalue weighted by molar-refractivity contribution is 0.0697. The number of hydrogen-bond acceptors (Lipinski definition) is 5. The molecule has 0 atom stereocenters. The standard InChI is InChI=1S/C20H24FN3O5S2/c1-15(2)22-30(26,27)19-5-3-4-16(14-19)20(25)23-10-12-24(13-11-23)31(28,29)18-8-6-17(21)7-9-18/h3-9,14-15,22H,10-13H2,1-2H3. The third kappa shape index (κ3) is 5.29. The largest absolute Gasteiger partial charge is 0.336 e. The summed E-state index contributed by atoms with van der Waals surface area (Å²) in [7, 11) is -7.53. The summed E-state index contributed by atoms with van der Waals surface area (Å²) in [6, 6.07) is 10.0. The molecule has 0 bridgehead atoms. The summed E-state index contributed by atoms with van der Waals surface area (Å²) in [4.78, 5) is 14.3. The normalized spacial score (nSPS) is 15.9. The van der Waals surface area contributed by atoms with Crippen molar-refractivity contribution in [1.29, 1.82) is 0 Å². The highest BCUT2D eigenvalue weighted by molar-refractivity contribution is 7.89. The Balaban J connectivity index is 1.71. The molecule has 2 aromatic carbocycles. The number of hydrogen-bond donors (Lipinski definition) is 1. The van der Waals surface area contributed by atoms with E-state index in [0.29, 0.717) is 0 Å². The molecule has 1 aliphatic rings. The third-order valence-corrected chi connectivity index (χ3v) is 8.33. The average molecular weight is 470 g/mol. The molecule has 0 aliphatic carbocycles. The van der Waals surface area contributed by atoms with Crippen LogP contribution in [0.25, 0.3) is 0 Å². The monoisotopic (exact) mass is 469 g/mol. The molecule has 1 amide bonds. The molecule has 31 heavy (non-hydrogen) atoms. The van der Waals surface area contributed by atoms with Crippen molar-refractivity contribution in [2.75, 3.05) is 26.2 Å². The first-order valence-electron chi connectivity index (χ1n) is 9.68. The van der Waals surface area contributed by atoms with Crippen molar-refractivity contribution in [2.45, 2.75) is 29.7 Å².